The van der Waals surface area contributed by atoms with Gasteiger partial charge in [-0.05, 0) is 18.2 Å². The molecule has 0 unspecified atom stereocenters. The van der Waals surface area contributed by atoms with Gasteiger partial charge in [-0.15, -0.1) is 11.3 Å². The molecular formula is C13H13BrF2N2O2S. The van der Waals surface area contributed by atoms with Gasteiger partial charge in [-0.3, -0.25) is 4.79 Å². The van der Waals surface area contributed by atoms with Crippen molar-refractivity contribution in [3.8, 4) is 0 Å². The zero-order valence-electron chi connectivity index (χ0n) is 10.9. The van der Waals surface area contributed by atoms with E-state index in [4.69, 9.17) is 10.8 Å². The van der Waals surface area contributed by atoms with Crippen LogP contribution in [0.15, 0.2) is 22.7 Å². The summed E-state index contributed by atoms with van der Waals surface area (Å²) in [5.74, 6) is -0.584. The Morgan fingerprint density at radius 3 is 2.81 bits per heavy atom. The number of carbonyl (C=O) groups is 1. The Morgan fingerprint density at radius 2 is 2.19 bits per heavy atom. The number of nitrogens with two attached hydrogens (primary N) is 1. The fourth-order valence-corrected chi connectivity index (χ4v) is 3.39. The Hall–Kier alpha value is -1.25. The van der Waals surface area contributed by atoms with Gasteiger partial charge in [-0.2, -0.15) is 0 Å². The van der Waals surface area contributed by atoms with E-state index in [1.807, 2.05) is 6.07 Å². The van der Waals surface area contributed by atoms with Crippen LogP contribution in [0.4, 0.5) is 14.5 Å². The number of hydrogen-bond donors (Lipinski definition) is 2. The van der Waals surface area contributed by atoms with Crippen LogP contribution < -0.4 is 5.73 Å². The van der Waals surface area contributed by atoms with Gasteiger partial charge in [0, 0.05) is 21.1 Å². The zero-order chi connectivity index (χ0) is 15.6. The van der Waals surface area contributed by atoms with Gasteiger partial charge in [0.15, 0.2) is 0 Å². The van der Waals surface area contributed by atoms with Crippen molar-refractivity contribution in [2.75, 3.05) is 25.4 Å². The topological polar surface area (TPSA) is 66.6 Å². The molecule has 0 spiro atoms. The lowest BCUT2D eigenvalue weighted by atomic mass is 10.2. The molecule has 0 saturated heterocycles. The Balaban J connectivity index is 2.39. The molecule has 0 bridgehead atoms. The molecule has 4 nitrogen and oxygen atoms in total. The number of aliphatic hydroxyl groups is 1. The lowest BCUT2D eigenvalue weighted by molar-refractivity contribution is 0.0514. The molecule has 21 heavy (non-hydrogen) atoms. The molecule has 0 radical (unpaired) electrons. The highest BCUT2D eigenvalue weighted by Crippen LogP contribution is 2.36. The molecule has 0 saturated carbocycles. The molecule has 0 fully saturated rings. The average molecular weight is 379 g/mol. The first kappa shape index (κ1) is 16.1. The second kappa shape index (κ2) is 6.67. The van der Waals surface area contributed by atoms with Crippen LogP contribution in [0.5, 0.6) is 0 Å². The summed E-state index contributed by atoms with van der Waals surface area (Å²) in [4.78, 5) is 13.5. The second-order valence-corrected chi connectivity index (χ2v) is 6.32. The van der Waals surface area contributed by atoms with Gasteiger partial charge in [0.05, 0.1) is 18.8 Å². The molecule has 1 amide bonds. The first-order valence-corrected chi connectivity index (χ1v) is 7.70. The van der Waals surface area contributed by atoms with E-state index in [0.717, 1.165) is 25.4 Å². The van der Waals surface area contributed by atoms with E-state index in [2.05, 4.69) is 15.9 Å². The van der Waals surface area contributed by atoms with Crippen molar-refractivity contribution in [1.82, 2.24) is 4.90 Å². The molecule has 0 atom stereocenters. The van der Waals surface area contributed by atoms with Crippen LogP contribution in [0.25, 0.3) is 10.1 Å². The van der Waals surface area contributed by atoms with Gasteiger partial charge in [-0.25, -0.2) is 8.78 Å². The van der Waals surface area contributed by atoms with Gasteiger partial charge in [0.25, 0.3) is 12.3 Å². The van der Waals surface area contributed by atoms with E-state index < -0.39 is 18.9 Å². The van der Waals surface area contributed by atoms with Crippen molar-refractivity contribution < 1.29 is 18.7 Å². The van der Waals surface area contributed by atoms with Crippen LogP contribution in [-0.4, -0.2) is 42.0 Å². The van der Waals surface area contributed by atoms with Crippen LogP contribution in [0.2, 0.25) is 0 Å². The molecule has 1 aromatic heterocycles. The number of nitrogens with zero attached hydrogens (tertiary/aromatic N) is 1. The molecule has 114 valence electrons. The summed E-state index contributed by atoms with van der Waals surface area (Å²) >= 11 is 4.48. The predicted molar refractivity (Wildman–Crippen MR) is 82.9 cm³/mol. The van der Waals surface area contributed by atoms with Gasteiger partial charge in [0.1, 0.15) is 4.88 Å². The standard InChI is InChI=1S/C13H13BrF2N2O2S/c14-7-1-2-9-8(5-7)11(17)12(21-9)13(20)18(3-4-19)6-10(15)16/h1-2,5,10,19H,3-4,6,17H2. The van der Waals surface area contributed by atoms with E-state index in [0.29, 0.717) is 5.39 Å². The number of fused-ring (bicyclic) bond motifs is 1. The highest BCUT2D eigenvalue weighted by molar-refractivity contribution is 9.10. The van der Waals surface area contributed by atoms with E-state index in [1.54, 1.807) is 12.1 Å². The van der Waals surface area contributed by atoms with Gasteiger partial charge >= 0.3 is 0 Å². The van der Waals surface area contributed by atoms with Crippen molar-refractivity contribution >= 4 is 48.9 Å². The number of aliphatic hydroxyl groups excluding tert-OH is 1. The number of amides is 1. The summed E-state index contributed by atoms with van der Waals surface area (Å²) in [6.45, 7) is -1.26. The molecule has 0 aliphatic rings. The number of alkyl halides is 2. The number of carbonyl (C=O) groups excluding carboxylic acids is 1. The number of halogens is 3. The van der Waals surface area contributed by atoms with Crippen LogP contribution in [0.1, 0.15) is 9.67 Å². The maximum atomic E-state index is 12.5. The normalized spacial score (nSPS) is 11.3. The highest BCUT2D eigenvalue weighted by Gasteiger charge is 2.24. The Morgan fingerprint density at radius 1 is 1.48 bits per heavy atom. The minimum absolute atomic E-state index is 0.152. The average Bonchev–Trinajstić information content (AvgIpc) is 2.74. The molecule has 2 aromatic rings. The molecule has 0 aliphatic carbocycles. The summed E-state index contributed by atoms with van der Waals surface area (Å²) in [7, 11) is 0. The molecule has 2 rings (SSSR count). The van der Waals surface area contributed by atoms with Crippen molar-refractivity contribution in [3.05, 3.63) is 27.5 Å². The summed E-state index contributed by atoms with van der Waals surface area (Å²) in [6, 6.07) is 5.40. The number of anilines is 1. The molecule has 8 heteroatoms. The Bertz CT molecular complexity index is 663. The van der Waals surface area contributed by atoms with Crippen LogP contribution >= 0.6 is 27.3 Å². The Kier molecular flexibility index (Phi) is 5.13. The number of hydrogen-bond acceptors (Lipinski definition) is 4. The first-order chi connectivity index (χ1) is 9.93. The lowest BCUT2D eigenvalue weighted by Crippen LogP contribution is -2.37. The molecule has 3 N–H and O–H groups in total. The SMILES string of the molecule is Nc1c(C(=O)N(CCO)CC(F)F)sc2ccc(Br)cc12. The van der Waals surface area contributed by atoms with Crippen molar-refractivity contribution in [2.24, 2.45) is 0 Å². The third-order valence-electron chi connectivity index (χ3n) is 2.90. The van der Waals surface area contributed by atoms with Crippen molar-refractivity contribution in [1.29, 1.82) is 0 Å². The maximum absolute atomic E-state index is 12.5. The van der Waals surface area contributed by atoms with Crippen LogP contribution in [0, 0.1) is 0 Å². The van der Waals surface area contributed by atoms with Gasteiger partial charge < -0.3 is 15.7 Å². The molecule has 1 heterocycles. The number of benzene rings is 1. The number of thiophene rings is 1. The first-order valence-electron chi connectivity index (χ1n) is 6.10. The van der Waals surface area contributed by atoms with Crippen molar-refractivity contribution in [2.45, 2.75) is 6.43 Å². The minimum Gasteiger partial charge on any atom is -0.397 e. The van der Waals surface area contributed by atoms with Gasteiger partial charge in [0.2, 0.25) is 0 Å². The quantitative estimate of drug-likeness (QED) is 0.840. The van der Waals surface area contributed by atoms with Crippen LogP contribution in [0.3, 0.4) is 0 Å². The summed E-state index contributed by atoms with van der Waals surface area (Å²) < 4.78 is 26.7. The van der Waals surface area contributed by atoms with E-state index in [1.165, 1.54) is 0 Å². The Labute approximate surface area is 132 Å². The minimum atomic E-state index is -2.66. The monoisotopic (exact) mass is 378 g/mol. The smallest absolute Gasteiger partial charge is 0.266 e. The molecular weight excluding hydrogens is 366 g/mol. The molecule has 0 aliphatic heterocycles. The summed E-state index contributed by atoms with van der Waals surface area (Å²) in [5.41, 5.74) is 6.24. The third-order valence-corrected chi connectivity index (χ3v) is 4.57. The second-order valence-electron chi connectivity index (χ2n) is 4.35. The fourth-order valence-electron chi connectivity index (χ4n) is 1.95. The zero-order valence-corrected chi connectivity index (χ0v) is 13.3. The number of rotatable bonds is 5. The van der Waals surface area contributed by atoms with Gasteiger partial charge in [-0.1, -0.05) is 15.9 Å². The fraction of sp³-hybridized carbons (Fsp3) is 0.308. The summed E-state index contributed by atoms with van der Waals surface area (Å²) in [5, 5.41) is 9.63. The van der Waals surface area contributed by atoms with E-state index in [9.17, 15) is 13.6 Å². The maximum Gasteiger partial charge on any atom is 0.266 e. The number of nitrogen functional groups attached to an aromatic ring is 1. The largest absolute Gasteiger partial charge is 0.397 e. The highest BCUT2D eigenvalue weighted by atomic mass is 79.9. The molecule has 1 aromatic carbocycles. The van der Waals surface area contributed by atoms with E-state index >= 15 is 0 Å². The summed E-state index contributed by atoms with van der Waals surface area (Å²) in [6.07, 6.45) is -2.66. The third kappa shape index (κ3) is 3.50. The lowest BCUT2D eigenvalue weighted by Gasteiger charge is -2.20. The van der Waals surface area contributed by atoms with Crippen molar-refractivity contribution in [3.63, 3.8) is 0 Å². The van der Waals surface area contributed by atoms with E-state index in [-0.39, 0.29) is 23.7 Å². The predicted octanol–water partition coefficient (Wildman–Crippen LogP) is 2.95. The van der Waals surface area contributed by atoms with Crippen LogP contribution in [-0.2, 0) is 0 Å².